The number of rotatable bonds is 15. The summed E-state index contributed by atoms with van der Waals surface area (Å²) < 4.78 is 12.0. The number of fused-ring (bicyclic) bond motifs is 1. The largest absolute Gasteiger partial charge is 0.434 e. The molecule has 0 spiro atoms. The number of carbonyl (C=O) groups is 3. The Bertz CT molecular complexity index is 1670. The van der Waals surface area contributed by atoms with Gasteiger partial charge in [0.2, 0.25) is 11.7 Å². The first-order valence-corrected chi connectivity index (χ1v) is 18.1. The first-order valence-electron chi connectivity index (χ1n) is 16.8. The van der Waals surface area contributed by atoms with Gasteiger partial charge in [-0.05, 0) is 68.6 Å². The Morgan fingerprint density at radius 1 is 1.12 bits per heavy atom. The Kier molecular flexibility index (Phi) is 11.7. The molecule has 0 unspecified atom stereocenters. The van der Waals surface area contributed by atoms with Crippen LogP contribution in [0.2, 0.25) is 5.02 Å². The third-order valence-electron chi connectivity index (χ3n) is 9.23. The van der Waals surface area contributed by atoms with Crippen LogP contribution in [0.15, 0.2) is 58.3 Å². The minimum atomic E-state index is -0.721. The number of Topliss-reactive ketones (excluding diaryl/α,β-unsaturated/α-hetero) is 2. The Morgan fingerprint density at radius 2 is 1.96 bits per heavy atom. The minimum Gasteiger partial charge on any atom is -0.434 e. The van der Waals surface area contributed by atoms with E-state index in [9.17, 15) is 14.4 Å². The van der Waals surface area contributed by atoms with E-state index >= 15 is 0 Å². The summed E-state index contributed by atoms with van der Waals surface area (Å²) in [5, 5.41) is 7.06. The second kappa shape index (κ2) is 16.3. The van der Waals surface area contributed by atoms with Gasteiger partial charge in [0, 0.05) is 48.2 Å². The summed E-state index contributed by atoms with van der Waals surface area (Å²) in [7, 11) is 0. The standard InChI is InChI=1S/C36H42ClN5O5S/c37-26-12-10-23(11-13-26)21-46-28-18-30(42(20-28)33(44)17-27-22-48-36(40-27)25-7-5-15-39-19-25)31(43)16-24(6-3-4-14-38)34(45)35-41-29-8-1-2-9-32(29)47-35/h1-2,8-13,22,24-25,28,30,39H,3-7,14-21,38H2/t24-,25+,28-,30+/m1/s1. The van der Waals surface area contributed by atoms with Crippen LogP contribution in [-0.2, 0) is 27.4 Å². The average molecular weight is 692 g/mol. The van der Waals surface area contributed by atoms with Gasteiger partial charge in [-0.25, -0.2) is 9.97 Å². The number of nitrogens with two attached hydrogens (primary N) is 1. The summed E-state index contributed by atoms with van der Waals surface area (Å²) in [4.78, 5) is 52.6. The molecule has 3 N–H and O–H groups in total. The zero-order valence-electron chi connectivity index (χ0n) is 26.9. The Morgan fingerprint density at radius 3 is 2.73 bits per heavy atom. The van der Waals surface area contributed by atoms with Gasteiger partial charge in [-0.3, -0.25) is 14.4 Å². The number of halogens is 1. The molecular weight excluding hydrogens is 650 g/mol. The molecule has 4 aromatic rings. The molecule has 10 nitrogen and oxygen atoms in total. The molecule has 2 aromatic carbocycles. The Labute approximate surface area is 289 Å². The zero-order valence-corrected chi connectivity index (χ0v) is 28.5. The highest BCUT2D eigenvalue weighted by atomic mass is 35.5. The van der Waals surface area contributed by atoms with Crippen LogP contribution >= 0.6 is 22.9 Å². The molecule has 2 aromatic heterocycles. The van der Waals surface area contributed by atoms with Crippen molar-refractivity contribution in [1.82, 2.24) is 20.2 Å². The molecule has 0 radical (unpaired) electrons. The molecule has 1 amide bonds. The molecular formula is C36H42ClN5O5S. The van der Waals surface area contributed by atoms with Gasteiger partial charge in [-0.2, -0.15) is 0 Å². The zero-order chi connectivity index (χ0) is 33.5. The molecule has 2 aliphatic rings. The van der Waals surface area contributed by atoms with Crippen LogP contribution in [0.1, 0.15) is 77.8 Å². The SMILES string of the molecule is NCCCC[C@H](CC(=O)[C@@H]1C[C@@H](OCc2ccc(Cl)cc2)CN1C(=O)Cc1csc([C@H]2CCCNC2)n1)C(=O)c1nc2ccccc2o1. The summed E-state index contributed by atoms with van der Waals surface area (Å²) in [5.41, 5.74) is 8.52. The van der Waals surface area contributed by atoms with Crippen LogP contribution in [0.4, 0.5) is 0 Å². The molecule has 2 aliphatic heterocycles. The van der Waals surface area contributed by atoms with Crippen molar-refractivity contribution >= 4 is 51.5 Å². The maximum atomic E-state index is 14.1. The fraction of sp³-hybridized carbons (Fsp3) is 0.472. The molecule has 6 rings (SSSR count). The second-order valence-corrected chi connectivity index (χ2v) is 14.1. The van der Waals surface area contributed by atoms with E-state index in [0.717, 1.165) is 42.9 Å². The van der Waals surface area contributed by atoms with Gasteiger partial charge in [0.05, 0.1) is 35.9 Å². The number of nitrogens with one attached hydrogen (secondary N) is 1. The molecule has 4 heterocycles. The molecule has 2 saturated heterocycles. The highest BCUT2D eigenvalue weighted by Gasteiger charge is 2.41. The van der Waals surface area contributed by atoms with Gasteiger partial charge < -0.3 is 25.1 Å². The molecule has 0 aliphatic carbocycles. The number of unbranched alkanes of at least 4 members (excludes halogenated alkanes) is 1. The van der Waals surface area contributed by atoms with Crippen molar-refractivity contribution in [2.45, 2.75) is 76.0 Å². The molecule has 12 heteroatoms. The number of nitrogens with zero attached hydrogens (tertiary/aromatic N) is 3. The van der Waals surface area contributed by atoms with Crippen LogP contribution < -0.4 is 11.1 Å². The number of hydrogen-bond donors (Lipinski definition) is 2. The maximum absolute atomic E-state index is 14.1. The fourth-order valence-corrected chi connectivity index (χ4v) is 7.68. The lowest BCUT2D eigenvalue weighted by atomic mass is 9.89. The lowest BCUT2D eigenvalue weighted by molar-refractivity contribution is -0.137. The number of thiazole rings is 1. The normalized spacial score (nSPS) is 20.3. The quantitative estimate of drug-likeness (QED) is 0.118. The highest BCUT2D eigenvalue weighted by molar-refractivity contribution is 7.09. The third-order valence-corrected chi connectivity index (χ3v) is 10.5. The Balaban J connectivity index is 1.18. The Hall–Kier alpha value is -3.48. The van der Waals surface area contributed by atoms with Crippen LogP contribution in [-0.4, -0.2) is 70.7 Å². The number of piperidine rings is 1. The lowest BCUT2D eigenvalue weighted by Gasteiger charge is -2.25. The molecule has 0 saturated carbocycles. The van der Waals surface area contributed by atoms with E-state index in [1.807, 2.05) is 29.6 Å². The van der Waals surface area contributed by atoms with Crippen LogP contribution in [0.25, 0.3) is 11.1 Å². The second-order valence-electron chi connectivity index (χ2n) is 12.8. The van der Waals surface area contributed by atoms with Crippen molar-refractivity contribution in [2.75, 3.05) is 26.2 Å². The third kappa shape index (κ3) is 8.56. The number of likely N-dealkylation sites (tertiary alicyclic amines) is 1. The highest BCUT2D eigenvalue weighted by Crippen LogP contribution is 2.30. The maximum Gasteiger partial charge on any atom is 0.264 e. The lowest BCUT2D eigenvalue weighted by Crippen LogP contribution is -2.42. The fourth-order valence-electron chi connectivity index (χ4n) is 6.60. The van der Waals surface area contributed by atoms with Gasteiger partial charge in [0.1, 0.15) is 5.52 Å². The van der Waals surface area contributed by atoms with E-state index in [-0.39, 0.29) is 48.9 Å². The van der Waals surface area contributed by atoms with Crippen molar-refractivity contribution in [2.24, 2.45) is 11.7 Å². The first-order chi connectivity index (χ1) is 23.4. The number of para-hydroxylation sites is 2. The van der Waals surface area contributed by atoms with Gasteiger partial charge in [-0.15, -0.1) is 11.3 Å². The van der Waals surface area contributed by atoms with E-state index < -0.39 is 12.0 Å². The van der Waals surface area contributed by atoms with E-state index in [1.54, 1.807) is 40.5 Å². The smallest absolute Gasteiger partial charge is 0.264 e. The molecule has 254 valence electrons. The number of aromatic nitrogens is 2. The molecule has 48 heavy (non-hydrogen) atoms. The molecule has 2 fully saturated rings. The summed E-state index contributed by atoms with van der Waals surface area (Å²) in [6.45, 7) is 3.01. The number of benzene rings is 2. The van der Waals surface area contributed by atoms with Crippen LogP contribution in [0.5, 0.6) is 0 Å². The van der Waals surface area contributed by atoms with E-state index in [4.69, 9.17) is 31.5 Å². The predicted molar refractivity (Wildman–Crippen MR) is 185 cm³/mol. The summed E-state index contributed by atoms with van der Waals surface area (Å²) in [5.74, 6) is -0.944. The topological polar surface area (TPSA) is 141 Å². The summed E-state index contributed by atoms with van der Waals surface area (Å²) in [6.07, 6.45) is 4.14. The molecule has 4 atom stereocenters. The van der Waals surface area contributed by atoms with Crippen LogP contribution in [0.3, 0.4) is 0 Å². The van der Waals surface area contributed by atoms with Crippen LogP contribution in [0, 0.1) is 5.92 Å². The average Bonchev–Trinajstić information content (AvgIpc) is 3.86. The van der Waals surface area contributed by atoms with Crippen molar-refractivity contribution in [3.8, 4) is 0 Å². The van der Waals surface area contributed by atoms with Crippen molar-refractivity contribution in [3.63, 3.8) is 0 Å². The van der Waals surface area contributed by atoms with Crippen molar-refractivity contribution < 1.29 is 23.5 Å². The predicted octanol–water partition coefficient (Wildman–Crippen LogP) is 5.72. The van der Waals surface area contributed by atoms with Gasteiger partial charge in [-0.1, -0.05) is 42.3 Å². The summed E-state index contributed by atoms with van der Waals surface area (Å²) >= 11 is 7.64. The number of ether oxygens (including phenoxy) is 1. The number of oxazole rings is 1. The van der Waals surface area contributed by atoms with E-state index in [1.165, 1.54) is 0 Å². The molecule has 0 bridgehead atoms. The number of amides is 1. The summed E-state index contributed by atoms with van der Waals surface area (Å²) in [6, 6.07) is 13.9. The van der Waals surface area contributed by atoms with Gasteiger partial charge in [0.15, 0.2) is 11.4 Å². The first kappa shape index (κ1) is 34.4. The van der Waals surface area contributed by atoms with E-state index in [2.05, 4.69) is 10.3 Å². The van der Waals surface area contributed by atoms with Gasteiger partial charge in [0.25, 0.3) is 5.89 Å². The minimum absolute atomic E-state index is 0.00206. The number of hydrogen-bond acceptors (Lipinski definition) is 10. The van der Waals surface area contributed by atoms with Gasteiger partial charge >= 0.3 is 0 Å². The number of carbonyl (C=O) groups excluding carboxylic acids is 3. The van der Waals surface area contributed by atoms with Crippen molar-refractivity contribution in [3.05, 3.63) is 81.1 Å². The number of ketones is 2. The van der Waals surface area contributed by atoms with Crippen molar-refractivity contribution in [1.29, 1.82) is 0 Å². The monoisotopic (exact) mass is 691 g/mol. The van der Waals surface area contributed by atoms with E-state index in [0.29, 0.717) is 60.1 Å².